The second kappa shape index (κ2) is 6.89. The summed E-state index contributed by atoms with van der Waals surface area (Å²) in [7, 11) is 0. The van der Waals surface area contributed by atoms with Crippen LogP contribution >= 0.6 is 0 Å². The molecule has 0 aliphatic rings. The fraction of sp³-hybridized carbons (Fsp3) is 0. The Morgan fingerprint density at radius 2 is 1.08 bits per heavy atom. The summed E-state index contributed by atoms with van der Waals surface area (Å²) in [5.41, 5.74) is 4.37. The summed E-state index contributed by atoms with van der Waals surface area (Å²) in [5, 5.41) is 0. The second-order valence-electron chi connectivity index (χ2n) is 5.98. The van der Waals surface area contributed by atoms with Gasteiger partial charge in [-0.25, -0.2) is 13.8 Å². The number of nitrogens with zero attached hydrogens (tertiary/aromatic N) is 1. The van der Waals surface area contributed by atoms with Crippen LogP contribution in [-0.2, 0) is 0 Å². The number of pyridine rings is 1. The van der Waals surface area contributed by atoms with Gasteiger partial charge >= 0.3 is 0 Å². The first-order valence-corrected chi connectivity index (χ1v) is 8.29. The van der Waals surface area contributed by atoms with Crippen molar-refractivity contribution in [1.82, 2.24) is 4.98 Å². The largest absolute Gasteiger partial charge is 0.248 e. The van der Waals surface area contributed by atoms with Gasteiger partial charge < -0.3 is 0 Å². The lowest BCUT2D eigenvalue weighted by atomic mass is 9.99. The Hall–Kier alpha value is -3.33. The van der Waals surface area contributed by atoms with Gasteiger partial charge in [-0.3, -0.25) is 0 Å². The first-order chi connectivity index (χ1) is 12.7. The van der Waals surface area contributed by atoms with Gasteiger partial charge in [-0.1, -0.05) is 60.7 Å². The third-order valence-electron chi connectivity index (χ3n) is 4.21. The molecule has 0 spiro atoms. The maximum absolute atomic E-state index is 14.3. The highest BCUT2D eigenvalue weighted by Crippen LogP contribution is 2.31. The first kappa shape index (κ1) is 16.2. The Morgan fingerprint density at radius 1 is 0.538 bits per heavy atom. The zero-order chi connectivity index (χ0) is 17.9. The Labute approximate surface area is 150 Å². The molecule has 0 aliphatic carbocycles. The monoisotopic (exact) mass is 343 g/mol. The normalized spacial score (nSPS) is 10.7. The molecule has 4 rings (SSSR count). The van der Waals surface area contributed by atoms with E-state index in [2.05, 4.69) is 0 Å². The Bertz CT molecular complexity index is 987. The summed E-state index contributed by atoms with van der Waals surface area (Å²) >= 11 is 0. The molecule has 0 saturated heterocycles. The van der Waals surface area contributed by atoms with Crippen molar-refractivity contribution in [1.29, 1.82) is 0 Å². The van der Waals surface area contributed by atoms with Crippen LogP contribution in [0, 0.1) is 11.6 Å². The lowest BCUT2D eigenvalue weighted by Gasteiger charge is -2.11. The third-order valence-corrected chi connectivity index (χ3v) is 4.21. The maximum atomic E-state index is 14.3. The number of aromatic nitrogens is 1. The Kier molecular flexibility index (Phi) is 4.28. The molecule has 0 bridgehead atoms. The van der Waals surface area contributed by atoms with Crippen molar-refractivity contribution in [3.05, 3.63) is 103 Å². The smallest absolute Gasteiger partial charge is 0.133 e. The van der Waals surface area contributed by atoms with Crippen LogP contribution in [0.2, 0.25) is 0 Å². The zero-order valence-electron chi connectivity index (χ0n) is 13.9. The van der Waals surface area contributed by atoms with Crippen molar-refractivity contribution in [3.63, 3.8) is 0 Å². The van der Waals surface area contributed by atoms with Gasteiger partial charge in [-0.05, 0) is 29.8 Å². The van der Waals surface area contributed by atoms with Crippen LogP contribution in [0.1, 0.15) is 0 Å². The number of benzene rings is 3. The van der Waals surface area contributed by atoms with Crippen molar-refractivity contribution < 1.29 is 8.78 Å². The van der Waals surface area contributed by atoms with E-state index in [0.717, 1.165) is 28.6 Å². The molecule has 0 saturated carbocycles. The van der Waals surface area contributed by atoms with Crippen LogP contribution in [0.15, 0.2) is 91.0 Å². The van der Waals surface area contributed by atoms with Gasteiger partial charge in [0.1, 0.15) is 11.6 Å². The summed E-state index contributed by atoms with van der Waals surface area (Å²) in [6, 6.07) is 26.7. The maximum Gasteiger partial charge on any atom is 0.133 e. The second-order valence-corrected chi connectivity index (χ2v) is 5.98. The zero-order valence-corrected chi connectivity index (χ0v) is 13.9. The van der Waals surface area contributed by atoms with Gasteiger partial charge in [-0.15, -0.1) is 0 Å². The van der Waals surface area contributed by atoms with E-state index in [4.69, 9.17) is 4.98 Å². The summed E-state index contributed by atoms with van der Waals surface area (Å²) < 4.78 is 27.6. The molecule has 0 radical (unpaired) electrons. The quantitative estimate of drug-likeness (QED) is 0.422. The van der Waals surface area contributed by atoms with Crippen LogP contribution < -0.4 is 0 Å². The average Bonchev–Trinajstić information content (AvgIpc) is 2.69. The van der Waals surface area contributed by atoms with Crippen molar-refractivity contribution >= 4 is 0 Å². The summed E-state index contributed by atoms with van der Waals surface area (Å²) in [5.74, 6) is -1.18. The van der Waals surface area contributed by atoms with E-state index in [1.807, 2.05) is 72.8 Å². The minimum atomic E-state index is -0.591. The van der Waals surface area contributed by atoms with E-state index in [1.54, 1.807) is 0 Å². The highest BCUT2D eigenvalue weighted by molar-refractivity contribution is 5.76. The molecule has 0 unspecified atom stereocenters. The van der Waals surface area contributed by atoms with Gasteiger partial charge in [0.25, 0.3) is 0 Å². The Balaban J connectivity index is 1.94. The van der Waals surface area contributed by atoms with E-state index in [-0.39, 0.29) is 0 Å². The van der Waals surface area contributed by atoms with Gasteiger partial charge in [0.2, 0.25) is 0 Å². The fourth-order valence-electron chi connectivity index (χ4n) is 2.92. The van der Waals surface area contributed by atoms with E-state index in [0.29, 0.717) is 11.1 Å². The van der Waals surface area contributed by atoms with Crippen LogP contribution in [0.3, 0.4) is 0 Å². The van der Waals surface area contributed by atoms with Crippen LogP contribution in [-0.4, -0.2) is 4.98 Å². The predicted molar refractivity (Wildman–Crippen MR) is 100 cm³/mol. The van der Waals surface area contributed by atoms with E-state index in [1.165, 1.54) is 12.1 Å². The van der Waals surface area contributed by atoms with E-state index in [9.17, 15) is 8.78 Å². The Morgan fingerprint density at radius 3 is 1.58 bits per heavy atom. The molecule has 4 aromatic rings. The van der Waals surface area contributed by atoms with Crippen molar-refractivity contribution in [2.24, 2.45) is 0 Å². The number of rotatable bonds is 3. The van der Waals surface area contributed by atoms with Gasteiger partial charge in [-0.2, -0.15) is 0 Å². The molecule has 0 N–H and O–H groups in total. The predicted octanol–water partition coefficient (Wildman–Crippen LogP) is 6.36. The van der Waals surface area contributed by atoms with E-state index < -0.39 is 11.6 Å². The summed E-state index contributed by atoms with van der Waals surface area (Å²) in [4.78, 5) is 4.75. The van der Waals surface area contributed by atoms with Gasteiger partial charge in [0.15, 0.2) is 0 Å². The molecule has 0 atom stereocenters. The standard InChI is InChI=1S/C23H15F2N/c24-19-11-12-20(21(25)15-19)18-13-22(16-7-3-1-4-8-16)26-23(14-18)17-9-5-2-6-10-17/h1-15H. The molecular weight excluding hydrogens is 328 g/mol. The molecule has 0 aliphatic heterocycles. The number of hydrogen-bond donors (Lipinski definition) is 0. The first-order valence-electron chi connectivity index (χ1n) is 8.29. The minimum absolute atomic E-state index is 0.350. The molecule has 3 aromatic carbocycles. The molecule has 0 amide bonds. The van der Waals surface area contributed by atoms with Crippen molar-refractivity contribution in [2.45, 2.75) is 0 Å². The van der Waals surface area contributed by atoms with Crippen molar-refractivity contribution in [2.75, 3.05) is 0 Å². The summed E-state index contributed by atoms with van der Waals surface area (Å²) in [6.07, 6.45) is 0. The summed E-state index contributed by atoms with van der Waals surface area (Å²) in [6.45, 7) is 0. The van der Waals surface area contributed by atoms with E-state index >= 15 is 0 Å². The molecular formula is C23H15F2N. The number of halogens is 2. The molecule has 3 heteroatoms. The van der Waals surface area contributed by atoms with Gasteiger partial charge in [0, 0.05) is 22.8 Å². The average molecular weight is 343 g/mol. The van der Waals surface area contributed by atoms with Crippen LogP contribution in [0.4, 0.5) is 8.78 Å². The molecule has 1 aromatic heterocycles. The van der Waals surface area contributed by atoms with Crippen LogP contribution in [0.25, 0.3) is 33.6 Å². The van der Waals surface area contributed by atoms with Gasteiger partial charge in [0.05, 0.1) is 11.4 Å². The molecule has 1 nitrogen and oxygen atoms in total. The topological polar surface area (TPSA) is 12.9 Å². The number of hydrogen-bond acceptors (Lipinski definition) is 1. The fourth-order valence-corrected chi connectivity index (χ4v) is 2.92. The van der Waals surface area contributed by atoms with Crippen LogP contribution in [0.5, 0.6) is 0 Å². The highest BCUT2D eigenvalue weighted by atomic mass is 19.1. The molecule has 126 valence electrons. The lowest BCUT2D eigenvalue weighted by Crippen LogP contribution is -1.93. The molecule has 0 fully saturated rings. The van der Waals surface area contributed by atoms with Crippen molar-refractivity contribution in [3.8, 4) is 33.6 Å². The molecule has 1 heterocycles. The highest BCUT2D eigenvalue weighted by Gasteiger charge is 2.12. The third kappa shape index (κ3) is 3.24. The minimum Gasteiger partial charge on any atom is -0.248 e. The molecule has 26 heavy (non-hydrogen) atoms. The lowest BCUT2D eigenvalue weighted by molar-refractivity contribution is 0.585. The SMILES string of the molecule is Fc1ccc(-c2cc(-c3ccccc3)nc(-c3ccccc3)c2)c(F)c1.